The highest BCUT2D eigenvalue weighted by Gasteiger charge is 2.59. The summed E-state index contributed by atoms with van der Waals surface area (Å²) in [6.07, 6.45) is 3.26. The molecular weight excluding hydrogens is 348 g/mol. The van der Waals surface area contributed by atoms with E-state index in [0.717, 1.165) is 42.8 Å². The lowest BCUT2D eigenvalue weighted by molar-refractivity contribution is -0.574. The van der Waals surface area contributed by atoms with Crippen LogP contribution in [0.3, 0.4) is 0 Å². The topological polar surface area (TPSA) is 35.7 Å². The molecule has 2 aromatic rings. The molecule has 2 aliphatic heterocycles. The summed E-state index contributed by atoms with van der Waals surface area (Å²) >= 11 is 6.08. The van der Waals surface area contributed by atoms with E-state index in [0.29, 0.717) is 5.02 Å². The summed E-state index contributed by atoms with van der Waals surface area (Å²) in [4.78, 5) is 2.10. The van der Waals surface area contributed by atoms with Crippen molar-refractivity contribution in [2.45, 2.75) is 38.0 Å². The van der Waals surface area contributed by atoms with Gasteiger partial charge in [0.25, 0.3) is 11.6 Å². The lowest BCUT2D eigenvalue weighted by Crippen LogP contribution is -2.50. The summed E-state index contributed by atoms with van der Waals surface area (Å²) in [5.74, 6) is 1.99. The average Bonchev–Trinajstić information content (AvgIpc) is 2.91. The number of aliphatic hydroxyl groups is 1. The molecule has 0 unspecified atom stereocenters. The average molecular weight is 372 g/mol. The van der Waals surface area contributed by atoms with Crippen LogP contribution in [0.4, 0.5) is 5.69 Å². The fourth-order valence-electron chi connectivity index (χ4n) is 4.24. The van der Waals surface area contributed by atoms with E-state index in [4.69, 9.17) is 16.3 Å². The maximum atomic E-state index is 12.0. The van der Waals surface area contributed by atoms with E-state index in [9.17, 15) is 5.11 Å². The molecule has 0 aromatic heterocycles. The molecular formula is C21H24ClN2O2+. The molecule has 4 rings (SSSR count). The van der Waals surface area contributed by atoms with Crippen molar-refractivity contribution in [1.29, 1.82) is 0 Å². The van der Waals surface area contributed by atoms with E-state index in [1.807, 2.05) is 48.5 Å². The molecule has 0 saturated heterocycles. The first-order valence-electron chi connectivity index (χ1n) is 9.11. The first-order chi connectivity index (χ1) is 12.6. The fourth-order valence-corrected chi connectivity index (χ4v) is 4.36. The first kappa shape index (κ1) is 17.4. The summed E-state index contributed by atoms with van der Waals surface area (Å²) in [5.41, 5.74) is 0.681. The molecule has 2 aliphatic rings. The maximum absolute atomic E-state index is 12.0. The third kappa shape index (κ3) is 2.60. The van der Waals surface area contributed by atoms with Crippen molar-refractivity contribution in [3.05, 3.63) is 59.1 Å². The highest BCUT2D eigenvalue weighted by molar-refractivity contribution is 6.30. The number of benzene rings is 2. The van der Waals surface area contributed by atoms with Crippen LogP contribution in [-0.2, 0) is 5.72 Å². The predicted octanol–water partition coefficient (Wildman–Crippen LogP) is 4.00. The van der Waals surface area contributed by atoms with E-state index in [2.05, 4.69) is 16.4 Å². The van der Waals surface area contributed by atoms with Gasteiger partial charge in [-0.3, -0.25) is 4.58 Å². The molecule has 2 heterocycles. The van der Waals surface area contributed by atoms with E-state index in [1.54, 1.807) is 7.11 Å². The molecule has 0 spiro atoms. The number of amidine groups is 1. The Labute approximate surface area is 159 Å². The third-order valence-corrected chi connectivity index (χ3v) is 5.88. The molecule has 0 radical (unpaired) electrons. The first-order valence-corrected chi connectivity index (χ1v) is 9.48. The van der Waals surface area contributed by atoms with Gasteiger partial charge in [0, 0.05) is 17.0 Å². The van der Waals surface area contributed by atoms with Gasteiger partial charge in [0.2, 0.25) is 0 Å². The number of anilines is 1. The van der Waals surface area contributed by atoms with Gasteiger partial charge in [0.1, 0.15) is 11.4 Å². The molecule has 0 fully saturated rings. The van der Waals surface area contributed by atoms with Crippen LogP contribution in [0.2, 0.25) is 5.02 Å². The van der Waals surface area contributed by atoms with Crippen molar-refractivity contribution in [3.63, 3.8) is 0 Å². The Morgan fingerprint density at radius 1 is 1.12 bits per heavy atom. The zero-order chi connectivity index (χ0) is 18.3. The van der Waals surface area contributed by atoms with Gasteiger partial charge in [-0.2, -0.15) is 4.90 Å². The van der Waals surface area contributed by atoms with Crippen LogP contribution in [0.25, 0.3) is 0 Å². The minimum atomic E-state index is -1.14. The van der Waals surface area contributed by atoms with Gasteiger partial charge in [0.05, 0.1) is 13.7 Å². The van der Waals surface area contributed by atoms with Gasteiger partial charge < -0.3 is 9.84 Å². The smallest absolute Gasteiger partial charge is 0.278 e. The number of hydrogen-bond acceptors (Lipinski definition) is 3. The van der Waals surface area contributed by atoms with Crippen molar-refractivity contribution in [3.8, 4) is 5.75 Å². The molecule has 26 heavy (non-hydrogen) atoms. The Balaban J connectivity index is 1.86. The van der Waals surface area contributed by atoms with E-state index >= 15 is 0 Å². The fraction of sp³-hybridized carbons (Fsp3) is 0.381. The van der Waals surface area contributed by atoms with Crippen molar-refractivity contribution in [2.75, 3.05) is 18.6 Å². The number of halogens is 1. The maximum Gasteiger partial charge on any atom is 0.278 e. The van der Waals surface area contributed by atoms with Crippen molar-refractivity contribution in [1.82, 2.24) is 0 Å². The lowest BCUT2D eigenvalue weighted by atomic mass is 9.94. The van der Waals surface area contributed by atoms with Gasteiger partial charge in [-0.25, -0.2) is 0 Å². The quantitative estimate of drug-likeness (QED) is 0.828. The Morgan fingerprint density at radius 2 is 1.81 bits per heavy atom. The minimum absolute atomic E-state index is 0.0546. The van der Waals surface area contributed by atoms with Crippen LogP contribution in [0.15, 0.2) is 48.5 Å². The minimum Gasteiger partial charge on any atom is -0.497 e. The monoisotopic (exact) mass is 371 g/mol. The molecule has 5 heteroatoms. The van der Waals surface area contributed by atoms with Crippen molar-refractivity contribution >= 4 is 23.1 Å². The molecule has 0 bridgehead atoms. The Bertz CT molecular complexity index is 832. The zero-order valence-electron chi connectivity index (χ0n) is 15.2. The number of methoxy groups -OCH3 is 1. The zero-order valence-corrected chi connectivity index (χ0v) is 15.9. The Kier molecular flexibility index (Phi) is 4.41. The van der Waals surface area contributed by atoms with Crippen LogP contribution in [0, 0.1) is 0 Å². The molecule has 4 nitrogen and oxygen atoms in total. The second-order valence-electron chi connectivity index (χ2n) is 7.01. The van der Waals surface area contributed by atoms with Crippen molar-refractivity contribution in [2.24, 2.45) is 0 Å². The van der Waals surface area contributed by atoms with Gasteiger partial charge in [0.15, 0.2) is 6.04 Å². The normalized spacial score (nSPS) is 25.4. The summed E-state index contributed by atoms with van der Waals surface area (Å²) in [7, 11) is 1.66. The van der Waals surface area contributed by atoms with Crippen LogP contribution in [-0.4, -0.2) is 35.2 Å². The van der Waals surface area contributed by atoms with Crippen LogP contribution in [0.5, 0.6) is 5.75 Å². The molecule has 2 aromatic carbocycles. The SMILES string of the molecule is COc1ccc(N2C3=[N+](CCCC3)[C@@H](C)[C@]2(O)c2ccc(Cl)cc2)cc1. The largest absolute Gasteiger partial charge is 0.497 e. The van der Waals surface area contributed by atoms with Crippen LogP contribution >= 0.6 is 11.6 Å². The van der Waals surface area contributed by atoms with Gasteiger partial charge in [-0.05, 0) is 56.2 Å². The Hall–Kier alpha value is -2.04. The standard InChI is InChI=1S/C21H24ClN2O2/c1-15-21(25,16-6-8-17(22)9-7-16)24(20-5-3-4-14-23(15)20)18-10-12-19(26-2)13-11-18/h6-13,15,25H,3-5,14H2,1-2H3/q+1/t15-,21-/m0/s1. The molecule has 136 valence electrons. The number of hydrogen-bond donors (Lipinski definition) is 1. The van der Waals surface area contributed by atoms with Gasteiger partial charge in [-0.15, -0.1) is 0 Å². The number of nitrogens with zero attached hydrogens (tertiary/aromatic N) is 2. The van der Waals surface area contributed by atoms with E-state index in [1.165, 1.54) is 5.84 Å². The highest BCUT2D eigenvalue weighted by atomic mass is 35.5. The third-order valence-electron chi connectivity index (χ3n) is 5.63. The molecule has 1 N–H and O–H groups in total. The van der Waals surface area contributed by atoms with Crippen molar-refractivity contribution < 1.29 is 14.4 Å². The van der Waals surface area contributed by atoms with Gasteiger partial charge >= 0.3 is 0 Å². The highest BCUT2D eigenvalue weighted by Crippen LogP contribution is 2.42. The molecule has 0 amide bonds. The summed E-state index contributed by atoms with van der Waals surface area (Å²) in [5, 5.41) is 12.7. The van der Waals surface area contributed by atoms with Gasteiger partial charge in [-0.1, -0.05) is 23.7 Å². The summed E-state index contributed by atoms with van der Waals surface area (Å²) in [6, 6.07) is 15.4. The number of rotatable bonds is 3. The molecule has 2 atom stereocenters. The lowest BCUT2D eigenvalue weighted by Gasteiger charge is -2.31. The summed E-state index contributed by atoms with van der Waals surface area (Å²) in [6.45, 7) is 3.07. The van der Waals surface area contributed by atoms with E-state index in [-0.39, 0.29) is 6.04 Å². The van der Waals surface area contributed by atoms with Crippen LogP contribution < -0.4 is 9.64 Å². The van der Waals surface area contributed by atoms with Crippen LogP contribution in [0.1, 0.15) is 31.7 Å². The summed E-state index contributed by atoms with van der Waals surface area (Å²) < 4.78 is 7.65. The molecule has 0 aliphatic carbocycles. The predicted molar refractivity (Wildman–Crippen MR) is 104 cm³/mol. The number of ether oxygens (including phenoxy) is 1. The second-order valence-corrected chi connectivity index (χ2v) is 7.45. The van der Waals surface area contributed by atoms with E-state index < -0.39 is 5.72 Å². The second kappa shape index (κ2) is 6.60. The Morgan fingerprint density at radius 3 is 2.46 bits per heavy atom. The molecule has 0 saturated carbocycles.